The van der Waals surface area contributed by atoms with Gasteiger partial charge in [-0.2, -0.15) is 0 Å². The van der Waals surface area contributed by atoms with Gasteiger partial charge in [-0.3, -0.25) is 14.0 Å². The van der Waals surface area contributed by atoms with E-state index in [2.05, 4.69) is 10.2 Å². The van der Waals surface area contributed by atoms with Gasteiger partial charge >= 0.3 is 0 Å². The summed E-state index contributed by atoms with van der Waals surface area (Å²) < 4.78 is 33.5. The standard InChI is InChI=1S/C26H29N3O4S/c30-26(27-15-16-28-17-19-33-20-18-28)23-13-11-22(12-14-23)21-29(24-7-3-1-4-8-24)34(31,32)25-9-5-2-6-10-25/h1-14H,15-21H2,(H,27,30). The molecule has 0 aliphatic carbocycles. The average Bonchev–Trinajstić information content (AvgIpc) is 2.89. The molecule has 178 valence electrons. The number of benzene rings is 3. The Morgan fingerprint density at radius 3 is 2.15 bits per heavy atom. The Kier molecular flexibility index (Phi) is 7.95. The molecule has 0 radical (unpaired) electrons. The van der Waals surface area contributed by atoms with Crippen LogP contribution in [0.5, 0.6) is 0 Å². The molecule has 1 amide bonds. The van der Waals surface area contributed by atoms with Gasteiger partial charge in [-0.25, -0.2) is 8.42 Å². The van der Waals surface area contributed by atoms with Crippen LogP contribution in [0.25, 0.3) is 0 Å². The first-order valence-corrected chi connectivity index (χ1v) is 12.8. The molecule has 7 nitrogen and oxygen atoms in total. The highest BCUT2D eigenvalue weighted by molar-refractivity contribution is 7.92. The number of rotatable bonds is 9. The monoisotopic (exact) mass is 479 g/mol. The van der Waals surface area contributed by atoms with E-state index in [9.17, 15) is 13.2 Å². The minimum Gasteiger partial charge on any atom is -0.379 e. The largest absolute Gasteiger partial charge is 0.379 e. The molecule has 4 rings (SSSR count). The summed E-state index contributed by atoms with van der Waals surface area (Å²) in [5.74, 6) is -0.142. The lowest BCUT2D eigenvalue weighted by Crippen LogP contribution is -2.41. The van der Waals surface area contributed by atoms with Crippen molar-refractivity contribution < 1.29 is 17.9 Å². The predicted octanol–water partition coefficient (Wildman–Crippen LogP) is 3.14. The Labute approximate surface area is 201 Å². The fourth-order valence-corrected chi connectivity index (χ4v) is 5.28. The quantitative estimate of drug-likeness (QED) is 0.510. The molecule has 1 saturated heterocycles. The van der Waals surface area contributed by atoms with Crippen molar-refractivity contribution in [3.63, 3.8) is 0 Å². The summed E-state index contributed by atoms with van der Waals surface area (Å²) in [4.78, 5) is 15.0. The average molecular weight is 480 g/mol. The maximum atomic E-state index is 13.4. The fraction of sp³-hybridized carbons (Fsp3) is 0.269. The van der Waals surface area contributed by atoms with Gasteiger partial charge in [0.2, 0.25) is 0 Å². The van der Waals surface area contributed by atoms with Crippen LogP contribution in [0.15, 0.2) is 89.8 Å². The van der Waals surface area contributed by atoms with Crippen molar-refractivity contribution in [3.05, 3.63) is 96.1 Å². The number of sulfonamides is 1. The minimum atomic E-state index is -3.76. The zero-order valence-corrected chi connectivity index (χ0v) is 19.8. The highest BCUT2D eigenvalue weighted by Gasteiger charge is 2.25. The summed E-state index contributed by atoms with van der Waals surface area (Å²) in [6.07, 6.45) is 0. The van der Waals surface area contributed by atoms with E-state index in [0.29, 0.717) is 17.8 Å². The van der Waals surface area contributed by atoms with E-state index in [1.165, 1.54) is 4.31 Å². The van der Waals surface area contributed by atoms with Crippen molar-refractivity contribution >= 4 is 21.6 Å². The number of morpholine rings is 1. The molecule has 0 aromatic heterocycles. The smallest absolute Gasteiger partial charge is 0.264 e. The Hall–Kier alpha value is -3.20. The van der Waals surface area contributed by atoms with Gasteiger partial charge in [-0.05, 0) is 42.0 Å². The number of amides is 1. The summed E-state index contributed by atoms with van der Waals surface area (Å²) >= 11 is 0. The van der Waals surface area contributed by atoms with Crippen LogP contribution in [0.1, 0.15) is 15.9 Å². The number of para-hydroxylation sites is 1. The van der Waals surface area contributed by atoms with Crippen molar-refractivity contribution in [1.82, 2.24) is 10.2 Å². The molecule has 0 unspecified atom stereocenters. The number of hydrogen-bond donors (Lipinski definition) is 1. The normalized spacial score (nSPS) is 14.5. The molecular weight excluding hydrogens is 450 g/mol. The van der Waals surface area contributed by atoms with Gasteiger partial charge < -0.3 is 10.1 Å². The van der Waals surface area contributed by atoms with Crippen LogP contribution in [-0.4, -0.2) is 58.6 Å². The summed E-state index contributed by atoms with van der Waals surface area (Å²) in [7, 11) is -3.76. The first-order chi connectivity index (χ1) is 16.5. The van der Waals surface area contributed by atoms with Crippen LogP contribution >= 0.6 is 0 Å². The van der Waals surface area contributed by atoms with Crippen LogP contribution in [0.4, 0.5) is 5.69 Å². The number of ether oxygens (including phenoxy) is 1. The third-order valence-corrected chi connectivity index (χ3v) is 7.52. The summed E-state index contributed by atoms with van der Waals surface area (Å²) in [5.41, 5.74) is 1.91. The van der Waals surface area contributed by atoms with Gasteiger partial charge in [-0.15, -0.1) is 0 Å². The van der Waals surface area contributed by atoms with E-state index in [1.807, 2.05) is 18.2 Å². The van der Waals surface area contributed by atoms with Gasteiger partial charge in [-0.1, -0.05) is 48.5 Å². The molecule has 1 heterocycles. The number of nitrogens with zero attached hydrogens (tertiary/aromatic N) is 2. The lowest BCUT2D eigenvalue weighted by molar-refractivity contribution is 0.0383. The number of nitrogens with one attached hydrogen (secondary N) is 1. The summed E-state index contributed by atoms with van der Waals surface area (Å²) in [6.45, 7) is 4.74. The molecule has 0 atom stereocenters. The second kappa shape index (κ2) is 11.3. The predicted molar refractivity (Wildman–Crippen MR) is 132 cm³/mol. The minimum absolute atomic E-state index is 0.142. The molecule has 0 spiro atoms. The Bertz CT molecular complexity index is 1160. The van der Waals surface area contributed by atoms with Crippen molar-refractivity contribution in [2.75, 3.05) is 43.7 Å². The number of hydrogen-bond acceptors (Lipinski definition) is 5. The zero-order chi connectivity index (χ0) is 23.8. The molecule has 1 aliphatic rings. The number of carbonyl (C=O) groups excluding carboxylic acids is 1. The number of carbonyl (C=O) groups is 1. The highest BCUT2D eigenvalue weighted by atomic mass is 32.2. The van der Waals surface area contributed by atoms with Crippen LogP contribution in [0.2, 0.25) is 0 Å². The van der Waals surface area contributed by atoms with Gasteiger partial charge in [0.05, 0.1) is 30.3 Å². The van der Waals surface area contributed by atoms with Crippen molar-refractivity contribution in [3.8, 4) is 0 Å². The van der Waals surface area contributed by atoms with Crippen LogP contribution in [0.3, 0.4) is 0 Å². The van der Waals surface area contributed by atoms with Crippen molar-refractivity contribution in [2.24, 2.45) is 0 Å². The molecule has 1 aliphatic heterocycles. The molecule has 0 saturated carbocycles. The third-order valence-electron chi connectivity index (χ3n) is 5.73. The van der Waals surface area contributed by atoms with Gasteiger partial charge in [0, 0.05) is 31.7 Å². The van der Waals surface area contributed by atoms with E-state index in [1.54, 1.807) is 66.7 Å². The van der Waals surface area contributed by atoms with Crippen molar-refractivity contribution in [1.29, 1.82) is 0 Å². The molecule has 34 heavy (non-hydrogen) atoms. The topological polar surface area (TPSA) is 79.0 Å². The second-order valence-corrected chi connectivity index (χ2v) is 9.93. The molecule has 1 N–H and O–H groups in total. The van der Waals surface area contributed by atoms with Crippen LogP contribution in [0, 0.1) is 0 Å². The van der Waals surface area contributed by atoms with E-state index >= 15 is 0 Å². The lowest BCUT2D eigenvalue weighted by Gasteiger charge is -2.26. The summed E-state index contributed by atoms with van der Waals surface area (Å²) in [6, 6.07) is 24.5. The van der Waals surface area contributed by atoms with E-state index in [0.717, 1.165) is 38.4 Å². The van der Waals surface area contributed by atoms with Crippen LogP contribution in [-0.2, 0) is 21.3 Å². The Morgan fingerprint density at radius 2 is 1.50 bits per heavy atom. The molecular formula is C26H29N3O4S. The fourth-order valence-electron chi connectivity index (χ4n) is 3.81. The first kappa shape index (κ1) is 23.9. The van der Waals surface area contributed by atoms with E-state index in [4.69, 9.17) is 4.74 Å². The molecule has 3 aromatic rings. The zero-order valence-electron chi connectivity index (χ0n) is 19.0. The highest BCUT2D eigenvalue weighted by Crippen LogP contribution is 2.25. The maximum absolute atomic E-state index is 13.4. The van der Waals surface area contributed by atoms with E-state index in [-0.39, 0.29) is 17.3 Å². The molecule has 1 fully saturated rings. The Balaban J connectivity index is 1.44. The number of anilines is 1. The summed E-state index contributed by atoms with van der Waals surface area (Å²) in [5, 5.41) is 2.95. The van der Waals surface area contributed by atoms with Gasteiger partial charge in [0.25, 0.3) is 15.9 Å². The third kappa shape index (κ3) is 6.02. The molecule has 8 heteroatoms. The van der Waals surface area contributed by atoms with E-state index < -0.39 is 10.0 Å². The van der Waals surface area contributed by atoms with Crippen LogP contribution < -0.4 is 9.62 Å². The Morgan fingerprint density at radius 1 is 0.882 bits per heavy atom. The van der Waals surface area contributed by atoms with Gasteiger partial charge in [0.1, 0.15) is 0 Å². The molecule has 3 aromatic carbocycles. The SMILES string of the molecule is O=C(NCCN1CCOCC1)c1ccc(CN(c2ccccc2)S(=O)(=O)c2ccccc2)cc1. The molecule has 0 bridgehead atoms. The first-order valence-electron chi connectivity index (χ1n) is 11.3. The maximum Gasteiger partial charge on any atom is 0.264 e. The second-order valence-electron chi connectivity index (χ2n) is 8.07. The van der Waals surface area contributed by atoms with Crippen molar-refractivity contribution in [2.45, 2.75) is 11.4 Å². The lowest BCUT2D eigenvalue weighted by atomic mass is 10.1. The van der Waals surface area contributed by atoms with Gasteiger partial charge in [0.15, 0.2) is 0 Å².